The first-order chi connectivity index (χ1) is 15.6. The lowest BCUT2D eigenvalue weighted by atomic mass is 10.0. The highest BCUT2D eigenvalue weighted by Gasteiger charge is 2.28. The maximum absolute atomic E-state index is 12.7. The number of thioether (sulfide) groups is 1. The highest BCUT2D eigenvalue weighted by Crippen LogP contribution is 2.36. The zero-order chi connectivity index (χ0) is 22.9. The van der Waals surface area contributed by atoms with Crippen LogP contribution in [0.2, 0.25) is 0 Å². The molecule has 0 spiro atoms. The number of ether oxygens (including phenoxy) is 2. The largest absolute Gasteiger partial charge is 0.496 e. The zero-order valence-electron chi connectivity index (χ0n) is 20.2. The number of carbonyl (C=O) groups excluding carboxylic acids is 1. The molecule has 3 rings (SSSR count). The lowest BCUT2D eigenvalue weighted by Gasteiger charge is -2.38. The minimum absolute atomic E-state index is 0. The van der Waals surface area contributed by atoms with E-state index in [0.717, 1.165) is 66.7 Å². The van der Waals surface area contributed by atoms with Crippen molar-refractivity contribution >= 4 is 35.8 Å². The summed E-state index contributed by atoms with van der Waals surface area (Å²) in [6.07, 6.45) is 3.43. The predicted octanol–water partition coefficient (Wildman–Crippen LogP) is 5.69. The van der Waals surface area contributed by atoms with Crippen LogP contribution in [0.4, 0.5) is 5.69 Å². The normalized spacial score (nSPS) is 14.4. The van der Waals surface area contributed by atoms with Gasteiger partial charge in [0, 0.05) is 37.8 Å². The van der Waals surface area contributed by atoms with Gasteiger partial charge in [-0.15, -0.1) is 24.2 Å². The summed E-state index contributed by atoms with van der Waals surface area (Å²) in [6, 6.07) is 14.6. The van der Waals surface area contributed by atoms with E-state index >= 15 is 0 Å². The quantitative estimate of drug-likeness (QED) is 0.399. The number of carbonyl (C=O) groups is 1. The summed E-state index contributed by atoms with van der Waals surface area (Å²) >= 11 is 1.77. The van der Waals surface area contributed by atoms with Crippen LogP contribution in [0.1, 0.15) is 38.7 Å². The average molecular weight is 493 g/mol. The molecule has 0 aromatic heterocycles. The second-order valence-electron chi connectivity index (χ2n) is 8.02. The van der Waals surface area contributed by atoms with Gasteiger partial charge in [0.1, 0.15) is 11.5 Å². The molecule has 0 N–H and O–H groups in total. The molecule has 1 heterocycles. The minimum atomic E-state index is 0. The number of para-hydroxylation sites is 1. The summed E-state index contributed by atoms with van der Waals surface area (Å²) in [5, 5.41) is 0. The topological polar surface area (TPSA) is 42.0 Å². The van der Waals surface area contributed by atoms with Crippen LogP contribution in [-0.2, 0) is 11.2 Å². The third-order valence-electron chi connectivity index (χ3n) is 6.09. The summed E-state index contributed by atoms with van der Waals surface area (Å²) in [4.78, 5) is 18.3. The van der Waals surface area contributed by atoms with Crippen LogP contribution in [0.5, 0.6) is 11.5 Å². The van der Waals surface area contributed by atoms with E-state index < -0.39 is 0 Å². The van der Waals surface area contributed by atoms with Crippen molar-refractivity contribution in [1.82, 2.24) is 4.90 Å². The molecule has 1 saturated heterocycles. The summed E-state index contributed by atoms with van der Waals surface area (Å²) in [7, 11) is 3.46. The van der Waals surface area contributed by atoms with Crippen molar-refractivity contribution in [3.8, 4) is 11.5 Å². The highest BCUT2D eigenvalue weighted by atomic mass is 35.5. The second-order valence-corrected chi connectivity index (χ2v) is 9.33. The highest BCUT2D eigenvalue weighted by molar-refractivity contribution is 7.99. The Kier molecular flexibility index (Phi) is 11.4. The predicted molar refractivity (Wildman–Crippen MR) is 141 cm³/mol. The van der Waals surface area contributed by atoms with Gasteiger partial charge in [-0.05, 0) is 54.8 Å². The Balaban J connectivity index is 0.00000385. The molecule has 1 amide bonds. The molecule has 2 aromatic rings. The first kappa shape index (κ1) is 27.4. The molecule has 182 valence electrons. The molecule has 0 bridgehead atoms. The van der Waals surface area contributed by atoms with Gasteiger partial charge in [0.05, 0.1) is 19.1 Å². The van der Waals surface area contributed by atoms with Crippen LogP contribution in [0.15, 0.2) is 47.4 Å². The van der Waals surface area contributed by atoms with Crippen molar-refractivity contribution in [2.75, 3.05) is 44.5 Å². The Morgan fingerprint density at radius 3 is 2.30 bits per heavy atom. The number of amides is 1. The van der Waals surface area contributed by atoms with Crippen molar-refractivity contribution < 1.29 is 14.3 Å². The zero-order valence-corrected chi connectivity index (χ0v) is 21.8. The number of hydrogen-bond acceptors (Lipinski definition) is 5. The first-order valence-electron chi connectivity index (χ1n) is 11.6. The van der Waals surface area contributed by atoms with E-state index in [9.17, 15) is 4.79 Å². The molecule has 1 aliphatic rings. The summed E-state index contributed by atoms with van der Waals surface area (Å²) < 4.78 is 11.3. The number of rotatable bonds is 10. The number of anilines is 1. The number of methoxy groups -OCH3 is 2. The lowest BCUT2D eigenvalue weighted by molar-refractivity contribution is -0.119. The molecule has 0 unspecified atom stereocenters. The fourth-order valence-electron chi connectivity index (χ4n) is 4.39. The van der Waals surface area contributed by atoms with Crippen LogP contribution in [-0.4, -0.2) is 56.5 Å². The van der Waals surface area contributed by atoms with E-state index in [-0.39, 0.29) is 24.4 Å². The summed E-state index contributed by atoms with van der Waals surface area (Å²) in [5.41, 5.74) is 2.19. The van der Waals surface area contributed by atoms with Gasteiger partial charge >= 0.3 is 0 Å². The average Bonchev–Trinajstić information content (AvgIpc) is 2.84. The van der Waals surface area contributed by atoms with Crippen LogP contribution in [0.3, 0.4) is 0 Å². The Morgan fingerprint density at radius 1 is 1.06 bits per heavy atom. The van der Waals surface area contributed by atoms with Crippen LogP contribution in [0.25, 0.3) is 0 Å². The van der Waals surface area contributed by atoms with Gasteiger partial charge < -0.3 is 19.3 Å². The molecule has 1 aliphatic heterocycles. The third-order valence-corrected chi connectivity index (χ3v) is 7.01. The summed E-state index contributed by atoms with van der Waals surface area (Å²) in [6.45, 7) is 7.04. The van der Waals surface area contributed by atoms with Gasteiger partial charge in [0.25, 0.3) is 0 Å². The summed E-state index contributed by atoms with van der Waals surface area (Å²) in [5.74, 6) is 3.05. The van der Waals surface area contributed by atoms with Crippen LogP contribution >= 0.6 is 24.2 Å². The van der Waals surface area contributed by atoms with Crippen molar-refractivity contribution in [3.05, 3.63) is 48.0 Å². The second kappa shape index (κ2) is 13.7. The third kappa shape index (κ3) is 7.05. The Morgan fingerprint density at radius 2 is 1.73 bits per heavy atom. The number of halogens is 1. The number of piperidine rings is 1. The first-order valence-corrected chi connectivity index (χ1v) is 12.6. The molecule has 0 atom stereocenters. The molecule has 0 radical (unpaired) electrons. The molecule has 0 aliphatic carbocycles. The maximum atomic E-state index is 12.7. The molecule has 5 nitrogen and oxygen atoms in total. The molecule has 1 fully saturated rings. The lowest BCUT2D eigenvalue weighted by Crippen LogP contribution is -2.47. The van der Waals surface area contributed by atoms with E-state index in [1.54, 1.807) is 26.0 Å². The monoisotopic (exact) mass is 492 g/mol. The van der Waals surface area contributed by atoms with Crippen molar-refractivity contribution in [2.45, 2.75) is 50.5 Å². The van der Waals surface area contributed by atoms with Gasteiger partial charge in [0.2, 0.25) is 5.91 Å². The van der Waals surface area contributed by atoms with Crippen molar-refractivity contribution in [1.29, 1.82) is 0 Å². The number of likely N-dealkylation sites (tertiary alicyclic amines) is 1. The van der Waals surface area contributed by atoms with Gasteiger partial charge in [-0.1, -0.05) is 32.0 Å². The van der Waals surface area contributed by atoms with Gasteiger partial charge in [-0.25, -0.2) is 0 Å². The molecule has 2 aromatic carbocycles. The van der Waals surface area contributed by atoms with E-state index in [4.69, 9.17) is 9.47 Å². The van der Waals surface area contributed by atoms with Gasteiger partial charge in [0.15, 0.2) is 0 Å². The van der Waals surface area contributed by atoms with Crippen molar-refractivity contribution in [2.24, 2.45) is 0 Å². The van der Waals surface area contributed by atoms with Crippen molar-refractivity contribution in [3.63, 3.8) is 0 Å². The van der Waals surface area contributed by atoms with Crippen LogP contribution in [0, 0.1) is 0 Å². The number of nitrogens with zero attached hydrogens (tertiary/aromatic N) is 2. The Labute approximate surface area is 209 Å². The molecular formula is C26H37ClN2O3S. The number of benzene rings is 2. The Hall–Kier alpha value is -1.89. The van der Waals surface area contributed by atoms with Crippen LogP contribution < -0.4 is 14.4 Å². The minimum Gasteiger partial charge on any atom is -0.496 e. The smallest absolute Gasteiger partial charge is 0.226 e. The van der Waals surface area contributed by atoms with E-state index in [0.29, 0.717) is 6.42 Å². The number of hydrogen-bond donors (Lipinski definition) is 0. The molecule has 0 saturated carbocycles. The SMILES string of the molecule is CCSc1cc(OC)c(CCN2CCC(N(C(=O)CC)c3ccccc3)CC2)cc1OC.Cl. The Bertz CT molecular complexity index is 873. The fourth-order valence-corrected chi connectivity index (χ4v) is 5.18. The molecule has 7 heteroatoms. The maximum Gasteiger partial charge on any atom is 0.226 e. The van der Waals surface area contributed by atoms with E-state index in [1.807, 2.05) is 42.2 Å². The van der Waals surface area contributed by atoms with E-state index in [1.165, 1.54) is 5.56 Å². The fraction of sp³-hybridized carbons (Fsp3) is 0.500. The van der Waals surface area contributed by atoms with E-state index in [2.05, 4.69) is 24.0 Å². The van der Waals surface area contributed by atoms with Gasteiger partial charge in [-0.2, -0.15) is 0 Å². The molecule has 33 heavy (non-hydrogen) atoms. The standard InChI is InChI=1S/C26H36N2O3S.ClH/c1-5-26(29)28(21-10-8-7-9-11-21)22-13-16-27(17-14-22)15-12-20-18-24(31-4)25(32-6-2)19-23(20)30-3;/h7-11,18-19,22H,5-6,12-17H2,1-4H3;1H. The van der Waals surface area contributed by atoms with Gasteiger partial charge in [-0.3, -0.25) is 4.79 Å². The molecular weight excluding hydrogens is 456 g/mol.